The van der Waals surface area contributed by atoms with E-state index in [2.05, 4.69) is 22.9 Å². The molecule has 0 atom stereocenters. The van der Waals surface area contributed by atoms with Crippen LogP contribution in [-0.2, 0) is 0 Å². The topological polar surface area (TPSA) is 26.3 Å². The SMILES string of the molecule is CCCCCCCCOc1ccc(C=O)cc1Br. The van der Waals surface area contributed by atoms with Crippen molar-refractivity contribution in [1.82, 2.24) is 0 Å². The number of hydrogen-bond donors (Lipinski definition) is 0. The molecule has 0 amide bonds. The van der Waals surface area contributed by atoms with E-state index in [1.807, 2.05) is 6.07 Å². The Bertz CT molecular complexity index is 364. The maximum absolute atomic E-state index is 10.6. The summed E-state index contributed by atoms with van der Waals surface area (Å²) in [6.45, 7) is 2.97. The molecule has 1 aromatic rings. The molecule has 0 aliphatic heterocycles. The first-order valence-electron chi connectivity index (χ1n) is 6.65. The summed E-state index contributed by atoms with van der Waals surface area (Å²) in [5, 5.41) is 0. The minimum absolute atomic E-state index is 0.661. The van der Waals surface area contributed by atoms with Crippen LogP contribution >= 0.6 is 15.9 Å². The number of halogens is 1. The molecule has 0 spiro atoms. The summed E-state index contributed by atoms with van der Waals surface area (Å²) in [4.78, 5) is 10.6. The first-order chi connectivity index (χ1) is 8.77. The van der Waals surface area contributed by atoms with E-state index in [1.54, 1.807) is 12.1 Å². The number of unbranched alkanes of at least 4 members (excludes halogenated alkanes) is 5. The fraction of sp³-hybridized carbons (Fsp3) is 0.533. The average Bonchev–Trinajstić information content (AvgIpc) is 2.39. The van der Waals surface area contributed by atoms with Crippen LogP contribution in [0.3, 0.4) is 0 Å². The van der Waals surface area contributed by atoms with Crippen molar-refractivity contribution < 1.29 is 9.53 Å². The molecule has 100 valence electrons. The van der Waals surface area contributed by atoms with Gasteiger partial charge in [-0.05, 0) is 40.5 Å². The zero-order chi connectivity index (χ0) is 13.2. The van der Waals surface area contributed by atoms with Crippen molar-refractivity contribution in [2.45, 2.75) is 45.4 Å². The highest BCUT2D eigenvalue weighted by Gasteiger charge is 2.02. The van der Waals surface area contributed by atoms with E-state index >= 15 is 0 Å². The molecule has 0 N–H and O–H groups in total. The number of hydrogen-bond acceptors (Lipinski definition) is 2. The maximum atomic E-state index is 10.6. The van der Waals surface area contributed by atoms with Crippen molar-refractivity contribution in [2.75, 3.05) is 6.61 Å². The van der Waals surface area contributed by atoms with Gasteiger partial charge in [-0.2, -0.15) is 0 Å². The molecule has 0 bridgehead atoms. The third-order valence-corrected chi connectivity index (χ3v) is 3.47. The Morgan fingerprint density at radius 3 is 2.56 bits per heavy atom. The Labute approximate surface area is 118 Å². The molecule has 18 heavy (non-hydrogen) atoms. The standard InChI is InChI=1S/C15H21BrO2/c1-2-3-4-5-6-7-10-18-15-9-8-13(12-17)11-14(15)16/h8-9,11-12H,2-7,10H2,1H3. The third kappa shape index (κ3) is 5.67. The molecule has 0 fully saturated rings. The summed E-state index contributed by atoms with van der Waals surface area (Å²) in [6, 6.07) is 5.39. The van der Waals surface area contributed by atoms with Crippen LogP contribution in [0.25, 0.3) is 0 Å². The van der Waals surface area contributed by atoms with Crippen LogP contribution in [0.15, 0.2) is 22.7 Å². The number of aldehydes is 1. The molecule has 0 heterocycles. The van der Waals surface area contributed by atoms with Gasteiger partial charge in [-0.3, -0.25) is 4.79 Å². The summed E-state index contributed by atoms with van der Waals surface area (Å²) in [5.41, 5.74) is 0.661. The summed E-state index contributed by atoms with van der Waals surface area (Å²) in [6.07, 6.45) is 8.39. The van der Waals surface area contributed by atoms with Gasteiger partial charge in [-0.15, -0.1) is 0 Å². The number of carbonyl (C=O) groups is 1. The normalized spacial score (nSPS) is 10.3. The quantitative estimate of drug-likeness (QED) is 0.473. The highest BCUT2D eigenvalue weighted by molar-refractivity contribution is 9.10. The molecule has 0 saturated carbocycles. The second-order valence-electron chi connectivity index (χ2n) is 4.42. The Kier molecular flexibility index (Phi) is 7.74. The van der Waals surface area contributed by atoms with Crippen molar-refractivity contribution in [2.24, 2.45) is 0 Å². The number of rotatable bonds is 9. The number of ether oxygens (including phenoxy) is 1. The molecule has 0 aliphatic carbocycles. The lowest BCUT2D eigenvalue weighted by molar-refractivity contribution is 0.112. The van der Waals surface area contributed by atoms with Crippen molar-refractivity contribution in [3.8, 4) is 5.75 Å². The largest absolute Gasteiger partial charge is 0.492 e. The van der Waals surface area contributed by atoms with Crippen molar-refractivity contribution in [3.63, 3.8) is 0 Å². The molecular formula is C15H21BrO2. The molecule has 0 saturated heterocycles. The van der Waals surface area contributed by atoms with Crippen LogP contribution in [0.2, 0.25) is 0 Å². The molecule has 2 nitrogen and oxygen atoms in total. The van der Waals surface area contributed by atoms with Gasteiger partial charge in [0.25, 0.3) is 0 Å². The lowest BCUT2D eigenvalue weighted by Crippen LogP contribution is -1.98. The van der Waals surface area contributed by atoms with E-state index in [9.17, 15) is 4.79 Å². The highest BCUT2D eigenvalue weighted by atomic mass is 79.9. The summed E-state index contributed by atoms with van der Waals surface area (Å²) in [5.74, 6) is 0.814. The third-order valence-electron chi connectivity index (χ3n) is 2.85. The van der Waals surface area contributed by atoms with Gasteiger partial charge in [0, 0.05) is 5.56 Å². The zero-order valence-electron chi connectivity index (χ0n) is 11.0. The van der Waals surface area contributed by atoms with Crippen molar-refractivity contribution >= 4 is 22.2 Å². The van der Waals surface area contributed by atoms with Gasteiger partial charge < -0.3 is 4.74 Å². The van der Waals surface area contributed by atoms with Gasteiger partial charge in [-0.25, -0.2) is 0 Å². The second-order valence-corrected chi connectivity index (χ2v) is 5.28. The first-order valence-corrected chi connectivity index (χ1v) is 7.44. The summed E-state index contributed by atoms with van der Waals surface area (Å²) < 4.78 is 6.53. The summed E-state index contributed by atoms with van der Waals surface area (Å²) >= 11 is 3.41. The smallest absolute Gasteiger partial charge is 0.150 e. The highest BCUT2D eigenvalue weighted by Crippen LogP contribution is 2.25. The monoisotopic (exact) mass is 312 g/mol. The molecule has 1 aromatic carbocycles. The van der Waals surface area contributed by atoms with Crippen LogP contribution in [0.5, 0.6) is 5.75 Å². The Morgan fingerprint density at radius 2 is 1.89 bits per heavy atom. The van der Waals surface area contributed by atoms with Gasteiger partial charge >= 0.3 is 0 Å². The summed E-state index contributed by atoms with van der Waals surface area (Å²) in [7, 11) is 0. The average molecular weight is 313 g/mol. The van der Waals surface area contributed by atoms with E-state index in [1.165, 1.54) is 32.1 Å². The minimum atomic E-state index is 0.661. The van der Waals surface area contributed by atoms with Crippen LogP contribution in [0.1, 0.15) is 55.8 Å². The van der Waals surface area contributed by atoms with Crippen LogP contribution < -0.4 is 4.74 Å². The minimum Gasteiger partial charge on any atom is -0.492 e. The van der Waals surface area contributed by atoms with E-state index in [4.69, 9.17) is 4.74 Å². The molecule has 3 heteroatoms. The molecule has 1 rings (SSSR count). The predicted molar refractivity (Wildman–Crippen MR) is 78.4 cm³/mol. The van der Waals surface area contributed by atoms with Gasteiger partial charge in [0.15, 0.2) is 0 Å². The first kappa shape index (κ1) is 15.2. The van der Waals surface area contributed by atoms with Crippen LogP contribution in [0.4, 0.5) is 0 Å². The van der Waals surface area contributed by atoms with E-state index < -0.39 is 0 Å². The fourth-order valence-electron chi connectivity index (χ4n) is 1.77. The number of benzene rings is 1. The van der Waals surface area contributed by atoms with E-state index in [0.29, 0.717) is 5.56 Å². The Hall–Kier alpha value is -0.830. The second kappa shape index (κ2) is 9.15. The molecule has 0 aromatic heterocycles. The lowest BCUT2D eigenvalue weighted by Gasteiger charge is -2.08. The maximum Gasteiger partial charge on any atom is 0.150 e. The van der Waals surface area contributed by atoms with Crippen LogP contribution in [-0.4, -0.2) is 12.9 Å². The predicted octanol–water partition coefficient (Wildman–Crippen LogP) is 5.00. The van der Waals surface area contributed by atoms with Gasteiger partial charge in [-0.1, -0.05) is 39.0 Å². The van der Waals surface area contributed by atoms with Gasteiger partial charge in [0.05, 0.1) is 11.1 Å². The molecule has 0 aliphatic rings. The molecule has 0 radical (unpaired) electrons. The molecule has 0 unspecified atom stereocenters. The Morgan fingerprint density at radius 1 is 1.17 bits per heavy atom. The van der Waals surface area contributed by atoms with E-state index in [-0.39, 0.29) is 0 Å². The molecular weight excluding hydrogens is 292 g/mol. The van der Waals surface area contributed by atoms with Crippen molar-refractivity contribution in [1.29, 1.82) is 0 Å². The zero-order valence-corrected chi connectivity index (χ0v) is 12.5. The lowest BCUT2D eigenvalue weighted by atomic mass is 10.1. The van der Waals surface area contributed by atoms with Crippen molar-refractivity contribution in [3.05, 3.63) is 28.2 Å². The number of carbonyl (C=O) groups excluding carboxylic acids is 1. The van der Waals surface area contributed by atoms with Crippen LogP contribution in [0, 0.1) is 0 Å². The van der Waals surface area contributed by atoms with Gasteiger partial charge in [0.2, 0.25) is 0 Å². The Balaban J connectivity index is 2.21. The fourth-order valence-corrected chi connectivity index (χ4v) is 2.28. The van der Waals surface area contributed by atoms with Gasteiger partial charge in [0.1, 0.15) is 12.0 Å². The van der Waals surface area contributed by atoms with E-state index in [0.717, 1.165) is 29.5 Å².